The number of carbonyl (C=O) groups is 1. The molecule has 0 aromatic rings. The van der Waals surface area contributed by atoms with Crippen LogP contribution in [-0.2, 0) is 4.79 Å². The lowest BCUT2D eigenvalue weighted by molar-refractivity contribution is -0.119. The van der Waals surface area contributed by atoms with Crippen molar-refractivity contribution in [3.05, 3.63) is 0 Å². The molecule has 72 valence electrons. The van der Waals surface area contributed by atoms with Gasteiger partial charge < -0.3 is 5.32 Å². The van der Waals surface area contributed by atoms with Crippen molar-refractivity contribution < 1.29 is 4.79 Å². The Balaban J connectivity index is 3.46. The molecule has 1 unspecified atom stereocenters. The Labute approximate surface area is 75.7 Å². The van der Waals surface area contributed by atoms with Crippen LogP contribution in [-0.4, -0.2) is 11.9 Å². The molecule has 0 saturated carbocycles. The molecule has 12 heavy (non-hydrogen) atoms. The Morgan fingerprint density at radius 2 is 2.00 bits per heavy atom. The van der Waals surface area contributed by atoms with Crippen LogP contribution >= 0.6 is 0 Å². The number of amides is 1. The highest BCUT2D eigenvalue weighted by atomic mass is 16.1. The summed E-state index contributed by atoms with van der Waals surface area (Å²) in [5.41, 5.74) is 0. The predicted molar refractivity (Wildman–Crippen MR) is 52.0 cm³/mol. The Kier molecular flexibility index (Phi) is 6.82. The van der Waals surface area contributed by atoms with E-state index in [1.54, 1.807) is 6.92 Å². The largest absolute Gasteiger partial charge is 0.354 e. The van der Waals surface area contributed by atoms with E-state index in [-0.39, 0.29) is 5.91 Å². The van der Waals surface area contributed by atoms with Gasteiger partial charge in [-0.2, -0.15) is 0 Å². The van der Waals surface area contributed by atoms with E-state index in [1.165, 1.54) is 19.3 Å². The van der Waals surface area contributed by atoms with Crippen LogP contribution in [0.3, 0.4) is 0 Å². The van der Waals surface area contributed by atoms with E-state index in [1.807, 2.05) is 0 Å². The number of rotatable bonds is 6. The molecule has 0 aliphatic heterocycles. The number of carbonyl (C=O) groups excluding carboxylic acids is 1. The molecule has 0 aliphatic rings. The van der Waals surface area contributed by atoms with E-state index in [9.17, 15) is 4.79 Å². The first-order valence-electron chi connectivity index (χ1n) is 4.97. The Morgan fingerprint density at radius 3 is 2.42 bits per heavy atom. The fraction of sp³-hybridized carbons (Fsp3) is 0.900. The molecule has 0 rings (SSSR count). The van der Waals surface area contributed by atoms with E-state index in [0.29, 0.717) is 6.04 Å². The van der Waals surface area contributed by atoms with Crippen LogP contribution in [0, 0.1) is 0 Å². The van der Waals surface area contributed by atoms with Crippen molar-refractivity contribution in [2.45, 2.75) is 58.9 Å². The minimum Gasteiger partial charge on any atom is -0.354 e. The normalized spacial score (nSPS) is 12.6. The summed E-state index contributed by atoms with van der Waals surface area (Å²) >= 11 is 0. The topological polar surface area (TPSA) is 29.1 Å². The highest BCUT2D eigenvalue weighted by molar-refractivity contribution is 5.73. The Hall–Kier alpha value is -0.530. The molecule has 2 heteroatoms. The molecule has 1 atom stereocenters. The van der Waals surface area contributed by atoms with Crippen LogP contribution in [0.5, 0.6) is 0 Å². The third-order valence-corrected chi connectivity index (χ3v) is 2.06. The quantitative estimate of drug-likeness (QED) is 0.611. The molecule has 1 amide bonds. The Bertz CT molecular complexity index is 123. The maximum absolute atomic E-state index is 10.7. The van der Waals surface area contributed by atoms with Crippen molar-refractivity contribution in [3.63, 3.8) is 0 Å². The Morgan fingerprint density at radius 1 is 1.33 bits per heavy atom. The van der Waals surface area contributed by atoms with E-state index >= 15 is 0 Å². The van der Waals surface area contributed by atoms with Crippen molar-refractivity contribution in [3.8, 4) is 0 Å². The zero-order valence-electron chi connectivity index (χ0n) is 8.52. The van der Waals surface area contributed by atoms with Crippen molar-refractivity contribution in [1.82, 2.24) is 5.32 Å². The lowest BCUT2D eigenvalue weighted by Crippen LogP contribution is -2.32. The van der Waals surface area contributed by atoms with Gasteiger partial charge in [0.25, 0.3) is 0 Å². The first-order chi connectivity index (χ1) is 5.70. The summed E-state index contributed by atoms with van der Waals surface area (Å²) in [4.78, 5) is 10.7. The molecule has 0 spiro atoms. The third kappa shape index (κ3) is 6.20. The van der Waals surface area contributed by atoms with Crippen LogP contribution in [0.1, 0.15) is 52.9 Å². The number of hydrogen-bond donors (Lipinski definition) is 1. The molecular formula is C10H21NO. The molecule has 0 fully saturated rings. The van der Waals surface area contributed by atoms with Crippen LogP contribution in [0.15, 0.2) is 0 Å². The summed E-state index contributed by atoms with van der Waals surface area (Å²) in [6.45, 7) is 5.90. The molecule has 0 aliphatic carbocycles. The molecular weight excluding hydrogens is 150 g/mol. The van der Waals surface area contributed by atoms with Gasteiger partial charge in [-0.15, -0.1) is 0 Å². The number of unbranched alkanes of at least 4 members (excludes halogenated alkanes) is 2. The van der Waals surface area contributed by atoms with Gasteiger partial charge in [0, 0.05) is 13.0 Å². The second-order valence-corrected chi connectivity index (χ2v) is 3.30. The minimum absolute atomic E-state index is 0.0957. The van der Waals surface area contributed by atoms with Gasteiger partial charge >= 0.3 is 0 Å². The van der Waals surface area contributed by atoms with Crippen molar-refractivity contribution in [2.75, 3.05) is 0 Å². The van der Waals surface area contributed by atoms with Crippen LogP contribution < -0.4 is 5.32 Å². The monoisotopic (exact) mass is 171 g/mol. The molecule has 0 heterocycles. The number of hydrogen-bond acceptors (Lipinski definition) is 1. The van der Waals surface area contributed by atoms with Gasteiger partial charge in [-0.25, -0.2) is 0 Å². The van der Waals surface area contributed by atoms with Gasteiger partial charge in [0.2, 0.25) is 5.91 Å². The fourth-order valence-corrected chi connectivity index (χ4v) is 1.31. The zero-order chi connectivity index (χ0) is 9.40. The summed E-state index contributed by atoms with van der Waals surface area (Å²) in [6.07, 6.45) is 5.93. The summed E-state index contributed by atoms with van der Waals surface area (Å²) in [7, 11) is 0. The summed E-state index contributed by atoms with van der Waals surface area (Å²) in [6, 6.07) is 0.397. The van der Waals surface area contributed by atoms with E-state index < -0.39 is 0 Å². The van der Waals surface area contributed by atoms with E-state index in [2.05, 4.69) is 19.2 Å². The molecule has 0 radical (unpaired) electrons. The van der Waals surface area contributed by atoms with Gasteiger partial charge in [0.05, 0.1) is 0 Å². The van der Waals surface area contributed by atoms with Crippen molar-refractivity contribution in [2.24, 2.45) is 0 Å². The average Bonchev–Trinajstić information content (AvgIpc) is 2.02. The minimum atomic E-state index is 0.0957. The van der Waals surface area contributed by atoms with Gasteiger partial charge in [-0.3, -0.25) is 4.79 Å². The number of nitrogens with one attached hydrogen (secondary N) is 1. The summed E-state index contributed by atoms with van der Waals surface area (Å²) < 4.78 is 0. The maximum Gasteiger partial charge on any atom is 0.217 e. The van der Waals surface area contributed by atoms with Crippen molar-refractivity contribution in [1.29, 1.82) is 0 Å². The van der Waals surface area contributed by atoms with Gasteiger partial charge in [0.15, 0.2) is 0 Å². The second kappa shape index (κ2) is 7.14. The smallest absolute Gasteiger partial charge is 0.217 e. The summed E-state index contributed by atoms with van der Waals surface area (Å²) in [5.74, 6) is 0.0957. The molecule has 0 saturated heterocycles. The molecule has 0 aromatic heterocycles. The summed E-state index contributed by atoms with van der Waals surface area (Å²) in [5, 5.41) is 2.95. The molecule has 0 bridgehead atoms. The fourth-order valence-electron chi connectivity index (χ4n) is 1.31. The molecule has 2 nitrogen and oxygen atoms in total. The second-order valence-electron chi connectivity index (χ2n) is 3.30. The highest BCUT2D eigenvalue weighted by Crippen LogP contribution is 2.05. The standard InChI is InChI=1S/C10H21NO/c1-4-6-7-8-10(5-2)11-9(3)12/h10H,4-8H2,1-3H3,(H,11,12). The van der Waals surface area contributed by atoms with Gasteiger partial charge in [0.1, 0.15) is 0 Å². The third-order valence-electron chi connectivity index (χ3n) is 2.06. The van der Waals surface area contributed by atoms with Gasteiger partial charge in [-0.05, 0) is 12.8 Å². The van der Waals surface area contributed by atoms with E-state index in [4.69, 9.17) is 0 Å². The molecule has 0 aromatic carbocycles. The van der Waals surface area contributed by atoms with E-state index in [0.717, 1.165) is 12.8 Å². The van der Waals surface area contributed by atoms with Gasteiger partial charge in [-0.1, -0.05) is 33.1 Å². The van der Waals surface area contributed by atoms with Crippen LogP contribution in [0.4, 0.5) is 0 Å². The maximum atomic E-state index is 10.7. The lowest BCUT2D eigenvalue weighted by atomic mass is 10.1. The zero-order valence-corrected chi connectivity index (χ0v) is 8.52. The SMILES string of the molecule is CCCCCC(CC)NC(C)=O. The highest BCUT2D eigenvalue weighted by Gasteiger charge is 2.05. The first kappa shape index (κ1) is 11.5. The van der Waals surface area contributed by atoms with Crippen LogP contribution in [0.25, 0.3) is 0 Å². The first-order valence-corrected chi connectivity index (χ1v) is 4.97. The predicted octanol–water partition coefficient (Wildman–Crippen LogP) is 2.48. The lowest BCUT2D eigenvalue weighted by Gasteiger charge is -2.14. The average molecular weight is 171 g/mol. The van der Waals surface area contributed by atoms with Crippen molar-refractivity contribution >= 4 is 5.91 Å². The van der Waals surface area contributed by atoms with Crippen LogP contribution in [0.2, 0.25) is 0 Å². The molecule has 1 N–H and O–H groups in total.